The van der Waals surface area contributed by atoms with E-state index in [1.807, 2.05) is 12.1 Å². The molecule has 0 atom stereocenters. The summed E-state index contributed by atoms with van der Waals surface area (Å²) in [6, 6.07) is 15.0. The standard InChI is InChI=1S/C22H14Cl2N2O4/c1-12-17(11-16-7-9-20(30-16)13-2-4-14(23)5-3-13)21(27)26(25-12)15-6-8-19(24)18(10-15)22(28)29/h2-11,25H,1H2,(H,28,29)/b17-11-. The lowest BCUT2D eigenvalue weighted by Crippen LogP contribution is -2.33. The number of aromatic amines is 1. The minimum absolute atomic E-state index is 0.0813. The Hall–Kier alpha value is -3.48. The fourth-order valence-electron chi connectivity index (χ4n) is 2.98. The third kappa shape index (κ3) is 3.70. The summed E-state index contributed by atoms with van der Waals surface area (Å²) in [5.74, 6) is -0.0907. The highest BCUT2D eigenvalue weighted by Crippen LogP contribution is 2.24. The van der Waals surface area contributed by atoms with Crippen molar-refractivity contribution in [1.82, 2.24) is 9.78 Å². The Balaban J connectivity index is 1.77. The number of hydrogen-bond acceptors (Lipinski definition) is 3. The van der Waals surface area contributed by atoms with Crippen LogP contribution in [0.15, 0.2) is 63.8 Å². The quantitative estimate of drug-likeness (QED) is 0.506. The van der Waals surface area contributed by atoms with Crippen molar-refractivity contribution in [1.29, 1.82) is 0 Å². The van der Waals surface area contributed by atoms with Crippen molar-refractivity contribution in [3.63, 3.8) is 0 Å². The van der Waals surface area contributed by atoms with Gasteiger partial charge in [-0.2, -0.15) is 0 Å². The molecule has 0 spiro atoms. The second-order valence-electron chi connectivity index (χ2n) is 6.47. The molecule has 2 aromatic carbocycles. The van der Waals surface area contributed by atoms with Crippen molar-refractivity contribution in [3.05, 3.63) is 96.9 Å². The van der Waals surface area contributed by atoms with E-state index in [1.54, 1.807) is 36.4 Å². The zero-order chi connectivity index (χ0) is 21.4. The van der Waals surface area contributed by atoms with Gasteiger partial charge in [-0.05, 0) is 60.7 Å². The van der Waals surface area contributed by atoms with Crippen molar-refractivity contribution >= 4 is 41.8 Å². The van der Waals surface area contributed by atoms with Crippen LogP contribution in [0, 0.1) is 0 Å². The maximum atomic E-state index is 12.9. The highest BCUT2D eigenvalue weighted by molar-refractivity contribution is 6.33. The van der Waals surface area contributed by atoms with Crippen LogP contribution in [0.1, 0.15) is 16.1 Å². The van der Waals surface area contributed by atoms with Crippen LogP contribution in [-0.2, 0) is 0 Å². The maximum Gasteiger partial charge on any atom is 0.337 e. The molecule has 0 bridgehead atoms. The molecule has 4 aromatic rings. The molecule has 2 N–H and O–H groups in total. The van der Waals surface area contributed by atoms with Crippen molar-refractivity contribution in [2.24, 2.45) is 0 Å². The number of furan rings is 1. The zero-order valence-corrected chi connectivity index (χ0v) is 16.9. The summed E-state index contributed by atoms with van der Waals surface area (Å²) in [5.41, 5.74) is 0.670. The molecule has 0 aliphatic carbocycles. The Morgan fingerprint density at radius 1 is 1.10 bits per heavy atom. The third-order valence-electron chi connectivity index (χ3n) is 4.49. The largest absolute Gasteiger partial charge is 0.478 e. The summed E-state index contributed by atoms with van der Waals surface area (Å²) in [6.45, 7) is 3.87. The normalized spacial score (nSPS) is 11.7. The van der Waals surface area contributed by atoms with Gasteiger partial charge in [-0.3, -0.25) is 9.89 Å². The molecule has 2 heterocycles. The lowest BCUT2D eigenvalue weighted by molar-refractivity contribution is 0.0697. The van der Waals surface area contributed by atoms with Crippen molar-refractivity contribution in [2.45, 2.75) is 0 Å². The summed E-state index contributed by atoms with van der Waals surface area (Å²) < 4.78 is 7.03. The monoisotopic (exact) mass is 440 g/mol. The Morgan fingerprint density at radius 2 is 1.83 bits per heavy atom. The van der Waals surface area contributed by atoms with E-state index in [-0.39, 0.29) is 10.6 Å². The number of nitrogens with zero attached hydrogens (tertiary/aromatic N) is 1. The SMILES string of the molecule is C=c1[nH]n(-c2ccc(Cl)c(C(=O)O)c2)c(=O)/c1=C\c1ccc(-c2ccc(Cl)cc2)o1. The number of carbonyl (C=O) groups is 1. The molecule has 0 saturated heterocycles. The number of hydrogen-bond donors (Lipinski definition) is 2. The fourth-order valence-corrected chi connectivity index (χ4v) is 3.31. The second kappa shape index (κ2) is 7.74. The third-order valence-corrected chi connectivity index (χ3v) is 5.07. The van der Waals surface area contributed by atoms with Gasteiger partial charge in [0.1, 0.15) is 11.5 Å². The van der Waals surface area contributed by atoms with Gasteiger partial charge in [-0.15, -0.1) is 0 Å². The molecule has 0 fully saturated rings. The van der Waals surface area contributed by atoms with Gasteiger partial charge in [-0.1, -0.05) is 29.8 Å². The number of benzene rings is 2. The molecule has 0 unspecified atom stereocenters. The predicted octanol–water partition coefficient (Wildman–Crippen LogP) is 3.67. The van der Waals surface area contributed by atoms with Gasteiger partial charge >= 0.3 is 5.97 Å². The fraction of sp³-hybridized carbons (Fsp3) is 0. The first kappa shape index (κ1) is 19.8. The van der Waals surface area contributed by atoms with Gasteiger partial charge < -0.3 is 9.52 Å². The number of H-pyrrole nitrogens is 1. The van der Waals surface area contributed by atoms with Crippen LogP contribution in [0.2, 0.25) is 10.0 Å². The van der Waals surface area contributed by atoms with Crippen LogP contribution < -0.4 is 16.1 Å². The minimum Gasteiger partial charge on any atom is -0.478 e. The van der Waals surface area contributed by atoms with Gasteiger partial charge in [0, 0.05) is 10.6 Å². The molecule has 30 heavy (non-hydrogen) atoms. The number of halogens is 2. The molecule has 0 radical (unpaired) electrons. The number of aromatic carboxylic acids is 1. The van der Waals surface area contributed by atoms with E-state index in [2.05, 4.69) is 11.7 Å². The number of carboxylic acid groups (broad SMARTS) is 1. The molecular weight excluding hydrogens is 427 g/mol. The first-order chi connectivity index (χ1) is 14.3. The molecule has 0 saturated carbocycles. The van der Waals surface area contributed by atoms with E-state index in [9.17, 15) is 14.7 Å². The van der Waals surface area contributed by atoms with E-state index < -0.39 is 11.5 Å². The maximum absolute atomic E-state index is 12.9. The summed E-state index contributed by atoms with van der Waals surface area (Å²) in [7, 11) is 0. The first-order valence-corrected chi connectivity index (χ1v) is 9.50. The van der Waals surface area contributed by atoms with Gasteiger partial charge in [0.25, 0.3) is 5.56 Å². The van der Waals surface area contributed by atoms with Crippen molar-refractivity contribution < 1.29 is 14.3 Å². The molecule has 0 aliphatic heterocycles. The summed E-state index contributed by atoms with van der Waals surface area (Å²) in [4.78, 5) is 24.2. The molecule has 0 amide bonds. The molecule has 0 aliphatic rings. The topological polar surface area (TPSA) is 88.2 Å². The zero-order valence-electron chi connectivity index (χ0n) is 15.4. The van der Waals surface area contributed by atoms with E-state index in [4.69, 9.17) is 27.6 Å². The summed E-state index contributed by atoms with van der Waals surface area (Å²) in [6.07, 6.45) is 1.57. The van der Waals surface area contributed by atoms with Gasteiger partial charge in [0.2, 0.25) is 0 Å². The van der Waals surface area contributed by atoms with Gasteiger partial charge in [0.15, 0.2) is 0 Å². The summed E-state index contributed by atoms with van der Waals surface area (Å²) in [5, 5.41) is 13.5. The van der Waals surface area contributed by atoms with Crippen LogP contribution in [0.3, 0.4) is 0 Å². The average Bonchev–Trinajstić information content (AvgIpc) is 3.29. The van der Waals surface area contributed by atoms with Crippen LogP contribution in [0.4, 0.5) is 0 Å². The van der Waals surface area contributed by atoms with Crippen LogP contribution >= 0.6 is 23.2 Å². The van der Waals surface area contributed by atoms with E-state index >= 15 is 0 Å². The van der Waals surface area contributed by atoms with Crippen molar-refractivity contribution in [2.75, 3.05) is 0 Å². The van der Waals surface area contributed by atoms with E-state index in [0.29, 0.717) is 32.8 Å². The first-order valence-electron chi connectivity index (χ1n) is 8.74. The number of rotatable bonds is 4. The number of aromatic nitrogens is 2. The van der Waals surface area contributed by atoms with Crippen LogP contribution in [0.25, 0.3) is 29.7 Å². The minimum atomic E-state index is -1.19. The Labute approximate surface area is 179 Å². The number of carboxylic acids is 1. The van der Waals surface area contributed by atoms with E-state index in [1.165, 1.54) is 16.8 Å². The molecule has 8 heteroatoms. The van der Waals surface area contributed by atoms with E-state index in [0.717, 1.165) is 5.56 Å². The lowest BCUT2D eigenvalue weighted by atomic mass is 10.2. The predicted molar refractivity (Wildman–Crippen MR) is 116 cm³/mol. The molecule has 4 rings (SSSR count). The van der Waals surface area contributed by atoms with Gasteiger partial charge in [0.05, 0.1) is 26.8 Å². The average molecular weight is 441 g/mol. The molecule has 150 valence electrons. The molecule has 6 nitrogen and oxygen atoms in total. The number of nitrogens with one attached hydrogen (secondary N) is 1. The highest BCUT2D eigenvalue weighted by Gasteiger charge is 2.13. The summed E-state index contributed by atoms with van der Waals surface area (Å²) >= 11 is 11.8. The smallest absolute Gasteiger partial charge is 0.337 e. The molecular formula is C22H14Cl2N2O4. The Bertz CT molecular complexity index is 1430. The highest BCUT2D eigenvalue weighted by atomic mass is 35.5. The second-order valence-corrected chi connectivity index (χ2v) is 7.31. The lowest BCUT2D eigenvalue weighted by Gasteiger charge is -2.04. The Morgan fingerprint density at radius 3 is 2.53 bits per heavy atom. The molecule has 2 aromatic heterocycles. The Kier molecular flexibility index (Phi) is 5.11. The van der Waals surface area contributed by atoms with Gasteiger partial charge in [-0.25, -0.2) is 9.48 Å². The van der Waals surface area contributed by atoms with Crippen molar-refractivity contribution in [3.8, 4) is 17.0 Å². The van der Waals surface area contributed by atoms with Crippen LogP contribution in [-0.4, -0.2) is 20.9 Å². The van der Waals surface area contributed by atoms with Crippen LogP contribution in [0.5, 0.6) is 0 Å².